The van der Waals surface area contributed by atoms with E-state index in [4.69, 9.17) is 11.6 Å². The van der Waals surface area contributed by atoms with E-state index in [0.29, 0.717) is 18.5 Å². The fourth-order valence-corrected chi connectivity index (χ4v) is 4.07. The number of para-hydroxylation sites is 1. The first kappa shape index (κ1) is 20.4. The Morgan fingerprint density at radius 2 is 2.10 bits per heavy atom. The Balaban J connectivity index is 1.37. The number of halogens is 2. The summed E-state index contributed by atoms with van der Waals surface area (Å²) < 4.78 is 13.4. The van der Waals surface area contributed by atoms with Gasteiger partial charge in [-0.2, -0.15) is 0 Å². The molecule has 3 aromatic rings. The zero-order valence-corrected chi connectivity index (χ0v) is 16.9. The first-order valence-corrected chi connectivity index (χ1v) is 10.0. The number of fused-ring (bicyclic) bond motifs is 1. The second-order valence-corrected chi connectivity index (χ2v) is 7.91. The minimum absolute atomic E-state index is 0.00938. The Labute approximate surface area is 177 Å². The van der Waals surface area contributed by atoms with Crippen LogP contribution in [0.25, 0.3) is 10.9 Å². The van der Waals surface area contributed by atoms with Crippen molar-refractivity contribution < 1.29 is 19.1 Å². The third-order valence-corrected chi connectivity index (χ3v) is 5.68. The van der Waals surface area contributed by atoms with Crippen LogP contribution in [-0.4, -0.2) is 45.5 Å². The average molecular weight is 430 g/mol. The van der Waals surface area contributed by atoms with E-state index in [9.17, 15) is 19.1 Å². The van der Waals surface area contributed by atoms with Crippen molar-refractivity contribution in [3.05, 3.63) is 70.6 Å². The summed E-state index contributed by atoms with van der Waals surface area (Å²) in [5.74, 6) is -1.93. The number of nitrogens with one attached hydrogen (secondary N) is 2. The minimum atomic E-state index is -2.11. The summed E-state index contributed by atoms with van der Waals surface area (Å²) in [6.45, 7) is 0.647. The highest BCUT2D eigenvalue weighted by atomic mass is 35.5. The number of carbonyl (C=O) groups excluding carboxylic acids is 2. The van der Waals surface area contributed by atoms with Gasteiger partial charge in [0.25, 0.3) is 11.8 Å². The molecule has 1 atom stereocenters. The first-order chi connectivity index (χ1) is 14.4. The first-order valence-electron chi connectivity index (χ1n) is 9.67. The second-order valence-electron chi connectivity index (χ2n) is 7.47. The Hall–Kier alpha value is -2.90. The molecule has 0 saturated carbocycles. The number of nitrogens with zero attached hydrogens (tertiary/aromatic N) is 1. The number of rotatable bonds is 6. The van der Waals surface area contributed by atoms with Crippen LogP contribution in [0.1, 0.15) is 17.5 Å². The van der Waals surface area contributed by atoms with Gasteiger partial charge in [0.05, 0.1) is 0 Å². The molecule has 1 fully saturated rings. The van der Waals surface area contributed by atoms with E-state index in [1.807, 2.05) is 30.5 Å². The van der Waals surface area contributed by atoms with Crippen LogP contribution in [0.5, 0.6) is 0 Å². The smallest absolute Gasteiger partial charge is 0.264 e. The fourth-order valence-electron chi connectivity index (χ4n) is 3.83. The van der Waals surface area contributed by atoms with Gasteiger partial charge in [0.1, 0.15) is 5.82 Å². The van der Waals surface area contributed by atoms with E-state index in [1.54, 1.807) is 0 Å². The standard InChI is InChI=1S/C22H21ClFN3O3/c23-16-9-14(10-17(24)11-16)12-26-20(28)22(30)6-8-27(21(22)29)7-5-15-13-25-19-4-2-1-3-18(15)19/h1-4,9-11,13,25,30H,5-8,12H2,(H,26,28). The zero-order chi connectivity index (χ0) is 21.3. The molecule has 2 amide bonds. The number of benzene rings is 2. The van der Waals surface area contributed by atoms with Crippen molar-refractivity contribution in [3.63, 3.8) is 0 Å². The summed E-state index contributed by atoms with van der Waals surface area (Å²) in [5, 5.41) is 14.5. The van der Waals surface area contributed by atoms with Crippen molar-refractivity contribution >= 4 is 34.3 Å². The van der Waals surface area contributed by atoms with Crippen molar-refractivity contribution in [3.8, 4) is 0 Å². The van der Waals surface area contributed by atoms with E-state index < -0.39 is 23.2 Å². The topological polar surface area (TPSA) is 85.4 Å². The van der Waals surface area contributed by atoms with Crippen LogP contribution >= 0.6 is 11.6 Å². The van der Waals surface area contributed by atoms with Gasteiger partial charge in [-0.25, -0.2) is 4.39 Å². The summed E-state index contributed by atoms with van der Waals surface area (Å²) in [6, 6.07) is 11.8. The molecule has 0 bridgehead atoms. The molecule has 1 unspecified atom stereocenters. The highest BCUT2D eigenvalue weighted by Crippen LogP contribution is 2.25. The van der Waals surface area contributed by atoms with Crippen molar-refractivity contribution in [2.24, 2.45) is 0 Å². The van der Waals surface area contributed by atoms with Gasteiger partial charge in [-0.15, -0.1) is 0 Å². The highest BCUT2D eigenvalue weighted by molar-refractivity contribution is 6.30. The van der Waals surface area contributed by atoms with Crippen molar-refractivity contribution in [1.82, 2.24) is 15.2 Å². The average Bonchev–Trinajstić information content (AvgIpc) is 3.26. The molecule has 8 heteroatoms. The molecule has 156 valence electrons. The lowest BCUT2D eigenvalue weighted by atomic mass is 10.0. The van der Waals surface area contributed by atoms with E-state index in [2.05, 4.69) is 10.3 Å². The lowest BCUT2D eigenvalue weighted by Gasteiger charge is -2.21. The highest BCUT2D eigenvalue weighted by Gasteiger charge is 2.50. The Morgan fingerprint density at radius 1 is 1.30 bits per heavy atom. The zero-order valence-electron chi connectivity index (χ0n) is 16.1. The maximum absolute atomic E-state index is 13.4. The molecule has 0 aliphatic carbocycles. The van der Waals surface area contributed by atoms with E-state index in [1.165, 1.54) is 17.0 Å². The number of carbonyl (C=O) groups is 2. The van der Waals surface area contributed by atoms with Crippen molar-refractivity contribution in [2.45, 2.75) is 25.0 Å². The quantitative estimate of drug-likeness (QED) is 0.527. The molecule has 4 rings (SSSR count). The molecule has 2 heterocycles. The monoisotopic (exact) mass is 429 g/mol. The maximum atomic E-state index is 13.4. The van der Waals surface area contributed by atoms with E-state index in [-0.39, 0.29) is 24.5 Å². The van der Waals surface area contributed by atoms with Gasteiger partial charge < -0.3 is 20.3 Å². The molecule has 3 N–H and O–H groups in total. The van der Waals surface area contributed by atoms with Crippen LogP contribution in [0, 0.1) is 5.82 Å². The minimum Gasteiger partial charge on any atom is -0.372 e. The van der Waals surface area contributed by atoms with Crippen molar-refractivity contribution in [1.29, 1.82) is 0 Å². The van der Waals surface area contributed by atoms with Crippen molar-refractivity contribution in [2.75, 3.05) is 13.1 Å². The summed E-state index contributed by atoms with van der Waals surface area (Å²) in [5.41, 5.74) is 0.422. The number of hydrogen-bond acceptors (Lipinski definition) is 3. The predicted molar refractivity (Wildman–Crippen MR) is 111 cm³/mol. The van der Waals surface area contributed by atoms with E-state index >= 15 is 0 Å². The number of aromatic nitrogens is 1. The number of amides is 2. The van der Waals surface area contributed by atoms with Crippen LogP contribution in [0.2, 0.25) is 5.02 Å². The number of hydrogen-bond donors (Lipinski definition) is 3. The van der Waals surface area contributed by atoms with Gasteiger partial charge >= 0.3 is 0 Å². The Morgan fingerprint density at radius 3 is 2.90 bits per heavy atom. The van der Waals surface area contributed by atoms with Gasteiger partial charge in [-0.1, -0.05) is 29.8 Å². The third kappa shape index (κ3) is 3.91. The number of likely N-dealkylation sites (tertiary alicyclic amines) is 1. The van der Waals surface area contributed by atoms with Gasteiger partial charge in [-0.3, -0.25) is 9.59 Å². The molecule has 0 radical (unpaired) electrons. The number of aliphatic hydroxyl groups is 1. The molecule has 0 spiro atoms. The van der Waals surface area contributed by atoms with Crippen LogP contribution < -0.4 is 5.32 Å². The van der Waals surface area contributed by atoms with Gasteiger partial charge in [0.2, 0.25) is 5.60 Å². The lowest BCUT2D eigenvalue weighted by molar-refractivity contribution is -0.154. The Bertz CT molecular complexity index is 1100. The molecule has 1 aliphatic rings. The molecule has 1 aliphatic heterocycles. The molecule has 1 aromatic heterocycles. The molecule has 6 nitrogen and oxygen atoms in total. The van der Waals surface area contributed by atoms with Crippen LogP contribution in [0.4, 0.5) is 4.39 Å². The third-order valence-electron chi connectivity index (χ3n) is 5.46. The SMILES string of the molecule is O=C(NCc1cc(F)cc(Cl)c1)C1(O)CCN(CCc2c[nH]c3ccccc23)C1=O. The Kier molecular flexibility index (Phi) is 5.49. The number of H-pyrrole nitrogens is 1. The number of aromatic amines is 1. The summed E-state index contributed by atoms with van der Waals surface area (Å²) >= 11 is 5.81. The summed E-state index contributed by atoms with van der Waals surface area (Å²) in [7, 11) is 0. The summed E-state index contributed by atoms with van der Waals surface area (Å²) in [6.07, 6.45) is 2.53. The maximum Gasteiger partial charge on any atom is 0.264 e. The second kappa shape index (κ2) is 8.08. The molecular weight excluding hydrogens is 409 g/mol. The van der Waals surface area contributed by atoms with Gasteiger partial charge in [-0.05, 0) is 41.8 Å². The lowest BCUT2D eigenvalue weighted by Crippen LogP contribution is -2.52. The van der Waals surface area contributed by atoms with Crippen LogP contribution in [0.15, 0.2) is 48.7 Å². The van der Waals surface area contributed by atoms with Crippen LogP contribution in [-0.2, 0) is 22.6 Å². The molecule has 2 aromatic carbocycles. The molecule has 30 heavy (non-hydrogen) atoms. The summed E-state index contributed by atoms with van der Waals surface area (Å²) in [4.78, 5) is 30.0. The normalized spacial score (nSPS) is 18.9. The van der Waals surface area contributed by atoms with Gasteiger partial charge in [0, 0.05) is 48.2 Å². The largest absolute Gasteiger partial charge is 0.372 e. The van der Waals surface area contributed by atoms with Gasteiger partial charge in [0.15, 0.2) is 0 Å². The fraction of sp³-hybridized carbons (Fsp3) is 0.273. The molecular formula is C22H21ClFN3O3. The van der Waals surface area contributed by atoms with E-state index in [0.717, 1.165) is 22.5 Å². The van der Waals surface area contributed by atoms with Crippen LogP contribution in [0.3, 0.4) is 0 Å². The molecule has 1 saturated heterocycles. The predicted octanol–water partition coefficient (Wildman–Crippen LogP) is 2.78.